The molecule has 1 aliphatic carbocycles. The minimum Gasteiger partial charge on any atom is -0.341 e. The molecular formula is C7H13IN2O. The van der Waals surface area contributed by atoms with Crippen molar-refractivity contribution >= 4 is 28.6 Å². The van der Waals surface area contributed by atoms with Crippen LogP contribution >= 0.6 is 22.6 Å². The Morgan fingerprint density at radius 2 is 2.27 bits per heavy atom. The molecule has 2 atom stereocenters. The van der Waals surface area contributed by atoms with Crippen molar-refractivity contribution in [1.29, 1.82) is 0 Å². The van der Waals surface area contributed by atoms with Crippen molar-refractivity contribution in [2.45, 2.75) is 29.2 Å². The van der Waals surface area contributed by atoms with Crippen LogP contribution in [0.3, 0.4) is 0 Å². The van der Waals surface area contributed by atoms with Gasteiger partial charge in [-0.3, -0.25) is 0 Å². The fraction of sp³-hybridized carbons (Fsp3) is 0.857. The maximum atomic E-state index is 10.9. The van der Waals surface area contributed by atoms with Gasteiger partial charge in [-0.25, -0.2) is 4.79 Å². The quantitative estimate of drug-likeness (QED) is 0.545. The lowest BCUT2D eigenvalue weighted by Crippen LogP contribution is -2.42. The zero-order valence-electron chi connectivity index (χ0n) is 6.56. The summed E-state index contributed by atoms with van der Waals surface area (Å²) in [5, 5.41) is 5.48. The normalized spacial score (nSPS) is 30.0. The van der Waals surface area contributed by atoms with E-state index in [-0.39, 0.29) is 6.03 Å². The highest BCUT2D eigenvalue weighted by molar-refractivity contribution is 14.1. The van der Waals surface area contributed by atoms with Gasteiger partial charge in [0, 0.05) is 17.0 Å². The molecule has 0 aromatic heterocycles. The lowest BCUT2D eigenvalue weighted by Gasteiger charge is -2.15. The molecule has 0 heterocycles. The monoisotopic (exact) mass is 268 g/mol. The first kappa shape index (κ1) is 9.09. The molecule has 0 spiro atoms. The molecule has 0 bridgehead atoms. The molecule has 1 aliphatic rings. The molecule has 1 rings (SSSR count). The molecule has 0 radical (unpaired) electrons. The average molecular weight is 268 g/mol. The number of halogens is 1. The largest absolute Gasteiger partial charge is 0.341 e. The molecule has 3 nitrogen and oxygen atoms in total. The predicted molar refractivity (Wildman–Crippen MR) is 53.0 cm³/mol. The number of hydrogen-bond acceptors (Lipinski definition) is 1. The van der Waals surface area contributed by atoms with Gasteiger partial charge >= 0.3 is 6.03 Å². The van der Waals surface area contributed by atoms with Crippen LogP contribution in [0, 0.1) is 0 Å². The third-order valence-corrected chi connectivity index (χ3v) is 3.47. The van der Waals surface area contributed by atoms with Crippen LogP contribution in [0.15, 0.2) is 0 Å². The molecule has 0 aliphatic heterocycles. The fourth-order valence-corrected chi connectivity index (χ4v) is 2.30. The Kier molecular flexibility index (Phi) is 3.42. The van der Waals surface area contributed by atoms with Crippen LogP contribution in [-0.2, 0) is 0 Å². The maximum Gasteiger partial charge on any atom is 0.314 e. The lowest BCUT2D eigenvalue weighted by molar-refractivity contribution is 0.239. The fourth-order valence-electron chi connectivity index (χ4n) is 1.32. The second kappa shape index (κ2) is 4.13. The molecular weight excluding hydrogens is 255 g/mol. The van der Waals surface area contributed by atoms with Gasteiger partial charge in [0.2, 0.25) is 0 Å². The van der Waals surface area contributed by atoms with E-state index in [1.165, 1.54) is 12.8 Å². The van der Waals surface area contributed by atoms with Crippen molar-refractivity contribution in [1.82, 2.24) is 10.6 Å². The topological polar surface area (TPSA) is 41.1 Å². The van der Waals surface area contributed by atoms with Crippen LogP contribution in [0.5, 0.6) is 0 Å². The first-order chi connectivity index (χ1) is 5.24. The molecule has 11 heavy (non-hydrogen) atoms. The minimum absolute atomic E-state index is 0.0569. The SMILES string of the molecule is CNC(=O)N[C@H]1CCC[C@@H]1I. The number of nitrogens with one attached hydrogen (secondary N) is 2. The minimum atomic E-state index is -0.0569. The molecule has 64 valence electrons. The van der Waals surface area contributed by atoms with Crippen molar-refractivity contribution in [3.05, 3.63) is 0 Å². The zero-order chi connectivity index (χ0) is 8.27. The van der Waals surface area contributed by atoms with E-state index in [2.05, 4.69) is 33.2 Å². The van der Waals surface area contributed by atoms with Crippen LogP contribution in [-0.4, -0.2) is 23.0 Å². The Morgan fingerprint density at radius 1 is 1.55 bits per heavy atom. The second-order valence-corrected chi connectivity index (χ2v) is 4.38. The summed E-state index contributed by atoms with van der Waals surface area (Å²) in [4.78, 5) is 10.9. The number of hydrogen-bond donors (Lipinski definition) is 2. The Bertz CT molecular complexity index is 151. The zero-order valence-corrected chi connectivity index (χ0v) is 8.72. The highest BCUT2D eigenvalue weighted by atomic mass is 127. The first-order valence-electron chi connectivity index (χ1n) is 3.86. The van der Waals surface area contributed by atoms with E-state index < -0.39 is 0 Å². The number of carbonyl (C=O) groups is 1. The summed E-state index contributed by atoms with van der Waals surface area (Å²) in [6, 6.07) is 0.328. The van der Waals surface area contributed by atoms with E-state index in [1.54, 1.807) is 7.05 Å². The van der Waals surface area contributed by atoms with Crippen molar-refractivity contribution in [2.75, 3.05) is 7.05 Å². The highest BCUT2D eigenvalue weighted by Crippen LogP contribution is 2.25. The number of amides is 2. The number of alkyl halides is 1. The van der Waals surface area contributed by atoms with Crippen molar-refractivity contribution in [2.24, 2.45) is 0 Å². The third-order valence-electron chi connectivity index (χ3n) is 1.98. The van der Waals surface area contributed by atoms with E-state index in [4.69, 9.17) is 0 Å². The van der Waals surface area contributed by atoms with E-state index in [0.29, 0.717) is 9.97 Å². The van der Waals surface area contributed by atoms with Gasteiger partial charge in [-0.1, -0.05) is 29.0 Å². The van der Waals surface area contributed by atoms with E-state index >= 15 is 0 Å². The summed E-state index contributed by atoms with van der Waals surface area (Å²) in [7, 11) is 1.65. The lowest BCUT2D eigenvalue weighted by atomic mass is 10.2. The summed E-state index contributed by atoms with van der Waals surface area (Å²) >= 11 is 2.40. The summed E-state index contributed by atoms with van der Waals surface area (Å²) in [6.07, 6.45) is 3.60. The molecule has 2 N–H and O–H groups in total. The second-order valence-electron chi connectivity index (χ2n) is 2.78. The van der Waals surface area contributed by atoms with E-state index in [9.17, 15) is 4.79 Å². The molecule has 0 aromatic rings. The van der Waals surface area contributed by atoms with Gasteiger partial charge in [-0.15, -0.1) is 0 Å². The number of urea groups is 1. The number of rotatable bonds is 1. The van der Waals surface area contributed by atoms with Gasteiger partial charge in [0.1, 0.15) is 0 Å². The van der Waals surface area contributed by atoms with Gasteiger partial charge in [0.15, 0.2) is 0 Å². The van der Waals surface area contributed by atoms with Gasteiger partial charge in [-0.2, -0.15) is 0 Å². The van der Waals surface area contributed by atoms with Crippen molar-refractivity contribution in [3.8, 4) is 0 Å². The highest BCUT2D eigenvalue weighted by Gasteiger charge is 2.25. The van der Waals surface area contributed by atoms with Gasteiger partial charge in [0.25, 0.3) is 0 Å². The molecule has 0 saturated heterocycles. The Hall–Kier alpha value is 0. The van der Waals surface area contributed by atoms with Crippen LogP contribution in [0.2, 0.25) is 0 Å². The van der Waals surface area contributed by atoms with Gasteiger partial charge in [-0.05, 0) is 12.8 Å². The summed E-state index contributed by atoms with van der Waals surface area (Å²) in [5.74, 6) is 0. The standard InChI is InChI=1S/C7H13IN2O/c1-9-7(11)10-6-4-2-3-5(6)8/h5-6H,2-4H2,1H3,(H2,9,10,11)/t5-,6-/m0/s1. The molecule has 0 aromatic carbocycles. The first-order valence-corrected chi connectivity index (χ1v) is 5.11. The summed E-state index contributed by atoms with van der Waals surface area (Å²) in [6.45, 7) is 0. The Morgan fingerprint density at radius 3 is 2.73 bits per heavy atom. The van der Waals surface area contributed by atoms with Crippen LogP contribution < -0.4 is 10.6 Å². The summed E-state index contributed by atoms with van der Waals surface area (Å²) in [5.41, 5.74) is 0. The average Bonchev–Trinajstić information content (AvgIpc) is 2.37. The van der Waals surface area contributed by atoms with Crippen LogP contribution in [0.25, 0.3) is 0 Å². The van der Waals surface area contributed by atoms with Gasteiger partial charge in [0.05, 0.1) is 0 Å². The smallest absolute Gasteiger partial charge is 0.314 e. The van der Waals surface area contributed by atoms with E-state index in [1.807, 2.05) is 0 Å². The van der Waals surface area contributed by atoms with Crippen molar-refractivity contribution < 1.29 is 4.79 Å². The summed E-state index contributed by atoms with van der Waals surface area (Å²) < 4.78 is 0.616. The van der Waals surface area contributed by atoms with Crippen molar-refractivity contribution in [3.63, 3.8) is 0 Å². The molecule has 0 unspecified atom stereocenters. The third kappa shape index (κ3) is 2.50. The van der Waals surface area contributed by atoms with Gasteiger partial charge < -0.3 is 10.6 Å². The van der Waals surface area contributed by atoms with E-state index in [0.717, 1.165) is 6.42 Å². The molecule has 4 heteroatoms. The number of carbonyl (C=O) groups excluding carboxylic acids is 1. The Balaban J connectivity index is 2.30. The maximum absolute atomic E-state index is 10.9. The van der Waals surface area contributed by atoms with Crippen LogP contribution in [0.1, 0.15) is 19.3 Å². The molecule has 1 saturated carbocycles. The molecule has 2 amide bonds. The molecule has 1 fully saturated rings. The van der Waals surface area contributed by atoms with Crippen LogP contribution in [0.4, 0.5) is 4.79 Å². The predicted octanol–water partition coefficient (Wildman–Crippen LogP) is 1.27. The Labute approximate surface area is 80.4 Å².